The van der Waals surface area contributed by atoms with Crippen molar-refractivity contribution < 1.29 is 9.15 Å². The zero-order chi connectivity index (χ0) is 21.0. The summed E-state index contributed by atoms with van der Waals surface area (Å²) in [6, 6.07) is 0. The number of rotatable bonds is 10. The van der Waals surface area contributed by atoms with Crippen LogP contribution in [-0.4, -0.2) is 124 Å². The van der Waals surface area contributed by atoms with E-state index in [-0.39, 0.29) is 0 Å². The zero-order valence-electron chi connectivity index (χ0n) is 20.0. The lowest BCUT2D eigenvalue weighted by Gasteiger charge is -2.21. The van der Waals surface area contributed by atoms with E-state index >= 15 is 0 Å². The minimum Gasteiger partial charge on any atom is -0.270 e. The maximum Gasteiger partial charge on any atom is 0.349 e. The van der Waals surface area contributed by atoms with Crippen LogP contribution in [0.1, 0.15) is 44.9 Å². The third-order valence-electron chi connectivity index (χ3n) is 4.77. The lowest BCUT2D eigenvalue weighted by atomic mass is 10.1. The average molecular weight is 385 g/mol. The molecule has 160 valence electrons. The van der Waals surface area contributed by atoms with Crippen molar-refractivity contribution in [3.8, 4) is 0 Å². The summed E-state index contributed by atoms with van der Waals surface area (Å²) in [7, 11) is 21.3. The number of hydrogen-bond acceptors (Lipinski definition) is 0. The first-order chi connectivity index (χ1) is 12.6. The fraction of sp³-hybridized carbons (Fsp3) is 0.905. The number of nitrogens with zero attached hydrogens (tertiary/aromatic N) is 6. The Balaban J connectivity index is 3.85. The number of hydrogen-bond donors (Lipinski definition) is 0. The summed E-state index contributed by atoms with van der Waals surface area (Å²) in [6.45, 7) is 2.26. The fourth-order valence-corrected chi connectivity index (χ4v) is 3.95. The Bertz CT molecular complexity index is 417. The van der Waals surface area contributed by atoms with E-state index in [0.29, 0.717) is 0 Å². The molecule has 0 atom stereocenters. The SMILES string of the molecule is CN(C)C(N(C)CCCCCCCCCN(C)C(N(C)C)=[N+](C)C)=[N+](C)C. The fourth-order valence-electron chi connectivity index (χ4n) is 3.95. The topological polar surface area (TPSA) is 19.0 Å². The average Bonchev–Trinajstić information content (AvgIpc) is 2.51. The first kappa shape index (κ1) is 25.5. The zero-order valence-corrected chi connectivity index (χ0v) is 20.0. The summed E-state index contributed by atoms with van der Waals surface area (Å²) in [5, 5.41) is 0. The van der Waals surface area contributed by atoms with E-state index in [4.69, 9.17) is 0 Å². The molecule has 0 heterocycles. The van der Waals surface area contributed by atoms with Crippen LogP contribution in [0.3, 0.4) is 0 Å². The highest BCUT2D eigenvalue weighted by atomic mass is 15.4. The van der Waals surface area contributed by atoms with E-state index in [9.17, 15) is 0 Å². The van der Waals surface area contributed by atoms with Crippen molar-refractivity contribution in [2.24, 2.45) is 0 Å². The molecular weight excluding hydrogens is 336 g/mol. The van der Waals surface area contributed by atoms with Crippen LogP contribution < -0.4 is 0 Å². The molecule has 0 spiro atoms. The lowest BCUT2D eigenvalue weighted by Crippen LogP contribution is -2.43. The van der Waals surface area contributed by atoms with Crippen molar-refractivity contribution in [3.63, 3.8) is 0 Å². The van der Waals surface area contributed by atoms with E-state index < -0.39 is 0 Å². The monoisotopic (exact) mass is 384 g/mol. The largest absolute Gasteiger partial charge is 0.349 e. The molecule has 0 rings (SSSR count). The minimum absolute atomic E-state index is 1.13. The number of guanidine groups is 2. The number of unbranched alkanes of at least 4 members (excludes halogenated alkanes) is 6. The van der Waals surface area contributed by atoms with Crippen molar-refractivity contribution in [2.45, 2.75) is 44.9 Å². The van der Waals surface area contributed by atoms with Gasteiger partial charge in [-0.15, -0.1) is 0 Å². The second kappa shape index (κ2) is 13.7. The van der Waals surface area contributed by atoms with Gasteiger partial charge in [-0.05, 0) is 12.8 Å². The van der Waals surface area contributed by atoms with E-state index in [2.05, 4.69) is 99.2 Å². The first-order valence-corrected chi connectivity index (χ1v) is 10.4. The predicted molar refractivity (Wildman–Crippen MR) is 119 cm³/mol. The van der Waals surface area contributed by atoms with Gasteiger partial charge in [0, 0.05) is 0 Å². The van der Waals surface area contributed by atoms with Crippen molar-refractivity contribution in [1.29, 1.82) is 0 Å². The van der Waals surface area contributed by atoms with Crippen LogP contribution in [0, 0.1) is 0 Å². The van der Waals surface area contributed by atoms with Crippen LogP contribution in [0.15, 0.2) is 0 Å². The molecule has 0 unspecified atom stereocenters. The first-order valence-electron chi connectivity index (χ1n) is 10.4. The third kappa shape index (κ3) is 10.5. The van der Waals surface area contributed by atoms with Crippen molar-refractivity contribution in [3.05, 3.63) is 0 Å². The van der Waals surface area contributed by atoms with E-state index in [1.54, 1.807) is 0 Å². The van der Waals surface area contributed by atoms with Crippen LogP contribution in [0.5, 0.6) is 0 Å². The Morgan fingerprint density at radius 3 is 0.963 bits per heavy atom. The van der Waals surface area contributed by atoms with Gasteiger partial charge >= 0.3 is 11.9 Å². The Morgan fingerprint density at radius 1 is 0.481 bits per heavy atom. The second-order valence-electron chi connectivity index (χ2n) is 8.50. The summed E-state index contributed by atoms with van der Waals surface area (Å²) >= 11 is 0. The highest BCUT2D eigenvalue weighted by Crippen LogP contribution is 2.09. The molecule has 0 saturated carbocycles. The second-order valence-corrected chi connectivity index (χ2v) is 8.50. The van der Waals surface area contributed by atoms with Gasteiger partial charge in [-0.25, -0.2) is 0 Å². The quantitative estimate of drug-likeness (QED) is 0.248. The Kier molecular flexibility index (Phi) is 12.9. The lowest BCUT2D eigenvalue weighted by molar-refractivity contribution is -0.475. The molecule has 6 heteroatoms. The third-order valence-corrected chi connectivity index (χ3v) is 4.77. The molecule has 0 radical (unpaired) electrons. The van der Waals surface area contributed by atoms with Gasteiger partial charge in [0.25, 0.3) is 0 Å². The smallest absolute Gasteiger partial charge is 0.270 e. The molecule has 0 aromatic carbocycles. The minimum atomic E-state index is 1.13. The Labute approximate surface area is 169 Å². The molecule has 0 fully saturated rings. The van der Waals surface area contributed by atoms with Gasteiger partial charge in [-0.3, -0.25) is 28.8 Å². The molecular formula is C21H48N6+2. The van der Waals surface area contributed by atoms with Crippen LogP contribution in [0.2, 0.25) is 0 Å². The standard InChI is InChI=1S/C21H48N6/c1-22(2)20(23(3)4)26(9)18-16-14-12-11-13-15-17-19-27(10)21(24(5)6)25(7)8/h11-19H2,1-10H3/q+2. The van der Waals surface area contributed by atoms with Gasteiger partial charge in [0.15, 0.2) is 0 Å². The summed E-state index contributed by atoms with van der Waals surface area (Å²) in [4.78, 5) is 9.09. The molecule has 27 heavy (non-hydrogen) atoms. The molecule has 0 amide bonds. The van der Waals surface area contributed by atoms with Gasteiger partial charge in [0.1, 0.15) is 0 Å². The molecule has 0 saturated heterocycles. The maximum atomic E-state index is 2.36. The molecule has 0 aliphatic carbocycles. The highest BCUT2D eigenvalue weighted by Gasteiger charge is 2.18. The van der Waals surface area contributed by atoms with Crippen LogP contribution in [0.25, 0.3) is 0 Å². The van der Waals surface area contributed by atoms with Gasteiger partial charge in [-0.2, -0.15) is 0 Å². The molecule has 0 aliphatic heterocycles. The summed E-state index contributed by atoms with van der Waals surface area (Å²) in [6.07, 6.45) is 9.28. The maximum absolute atomic E-state index is 2.36. The summed E-state index contributed by atoms with van der Waals surface area (Å²) < 4.78 is 4.37. The predicted octanol–water partition coefficient (Wildman–Crippen LogP) is 1.96. The molecule has 0 N–H and O–H groups in total. The van der Waals surface area contributed by atoms with Gasteiger partial charge in [0.2, 0.25) is 0 Å². The normalized spacial score (nSPS) is 10.4. The van der Waals surface area contributed by atoms with Gasteiger partial charge in [0.05, 0.1) is 83.6 Å². The molecule has 6 nitrogen and oxygen atoms in total. The van der Waals surface area contributed by atoms with Crippen LogP contribution in [0.4, 0.5) is 0 Å². The van der Waals surface area contributed by atoms with E-state index in [1.807, 2.05) is 0 Å². The molecule has 0 aromatic heterocycles. The molecule has 0 aliphatic rings. The summed E-state index contributed by atoms with van der Waals surface area (Å²) in [5.41, 5.74) is 0. The molecule has 0 aromatic rings. The van der Waals surface area contributed by atoms with Gasteiger partial charge in [-0.1, -0.05) is 32.1 Å². The molecule has 0 bridgehead atoms. The van der Waals surface area contributed by atoms with Crippen molar-refractivity contribution >= 4 is 11.9 Å². The van der Waals surface area contributed by atoms with Crippen molar-refractivity contribution in [2.75, 3.05) is 83.6 Å². The van der Waals surface area contributed by atoms with Gasteiger partial charge < -0.3 is 0 Å². The highest BCUT2D eigenvalue weighted by molar-refractivity contribution is 5.74. The Hall–Kier alpha value is -1.46. The van der Waals surface area contributed by atoms with E-state index in [0.717, 1.165) is 13.1 Å². The summed E-state index contributed by atoms with van der Waals surface area (Å²) in [5.74, 6) is 2.54. The van der Waals surface area contributed by atoms with E-state index in [1.165, 1.54) is 56.9 Å². The Morgan fingerprint density at radius 2 is 0.741 bits per heavy atom. The van der Waals surface area contributed by atoms with Crippen LogP contribution >= 0.6 is 0 Å². The van der Waals surface area contributed by atoms with Crippen molar-refractivity contribution in [1.82, 2.24) is 19.6 Å². The van der Waals surface area contributed by atoms with Crippen LogP contribution in [-0.2, 0) is 0 Å².